The quantitative estimate of drug-likeness (QED) is 0.448. The summed E-state index contributed by atoms with van der Waals surface area (Å²) in [5, 5.41) is 0. The van der Waals surface area contributed by atoms with E-state index in [1.165, 1.54) is 11.9 Å². The zero-order valence-electron chi connectivity index (χ0n) is 17.3. The molecule has 1 atom stereocenters. The van der Waals surface area contributed by atoms with Crippen LogP contribution in [-0.4, -0.2) is 29.7 Å². The van der Waals surface area contributed by atoms with Crippen molar-refractivity contribution in [3.8, 4) is 11.8 Å². The van der Waals surface area contributed by atoms with Crippen LogP contribution in [0.3, 0.4) is 0 Å². The molecule has 0 aliphatic carbocycles. The van der Waals surface area contributed by atoms with Crippen LogP contribution in [0.25, 0.3) is 0 Å². The fraction of sp³-hybridized carbons (Fsp3) is 0.524. The van der Waals surface area contributed by atoms with Gasteiger partial charge in [-0.3, -0.25) is 0 Å². The summed E-state index contributed by atoms with van der Waals surface area (Å²) in [4.78, 5) is 9.19. The van der Waals surface area contributed by atoms with E-state index in [4.69, 9.17) is 9.47 Å². The minimum absolute atomic E-state index is 0.0729. The number of hydrogen-bond donors (Lipinski definition) is 0. The van der Waals surface area contributed by atoms with Crippen molar-refractivity contribution in [3.05, 3.63) is 36.0 Å². The third-order valence-corrected chi connectivity index (χ3v) is 4.48. The Hall–Kier alpha value is -2.51. The first-order valence-corrected chi connectivity index (χ1v) is 9.84. The molecule has 0 bridgehead atoms. The molecule has 0 saturated carbocycles. The molecular weight excluding hydrogens is 383 g/mol. The predicted molar refractivity (Wildman–Crippen MR) is 107 cm³/mol. The standard InChI is InChI=1S/C21H28F3N3O2/c1-5-7-10-13-28-20-25-14-16(21(22,23)24)19(26-20)27(4)17-11-8-9-12-18(17)29-15(3)6-2/h8-9,11-12,14-15H,5-7,10,13H2,1-4H3. The van der Waals surface area contributed by atoms with Crippen LogP contribution in [0.5, 0.6) is 11.8 Å². The summed E-state index contributed by atoms with van der Waals surface area (Å²) in [6.07, 6.45) is -0.365. The molecule has 0 spiro atoms. The fourth-order valence-corrected chi connectivity index (χ4v) is 2.65. The summed E-state index contributed by atoms with van der Waals surface area (Å²) in [6, 6.07) is 6.88. The van der Waals surface area contributed by atoms with E-state index in [-0.39, 0.29) is 17.9 Å². The van der Waals surface area contributed by atoms with E-state index in [2.05, 4.69) is 16.9 Å². The summed E-state index contributed by atoms with van der Waals surface area (Å²) in [7, 11) is 1.53. The van der Waals surface area contributed by atoms with Gasteiger partial charge in [0.15, 0.2) is 5.82 Å². The van der Waals surface area contributed by atoms with E-state index < -0.39 is 11.7 Å². The molecule has 160 valence electrons. The molecule has 8 heteroatoms. The summed E-state index contributed by atoms with van der Waals surface area (Å²) in [6.45, 7) is 6.30. The van der Waals surface area contributed by atoms with Gasteiger partial charge in [-0.15, -0.1) is 0 Å². The Morgan fingerprint density at radius 1 is 1.14 bits per heavy atom. The highest BCUT2D eigenvalue weighted by molar-refractivity contribution is 5.68. The van der Waals surface area contributed by atoms with Crippen LogP contribution in [0.2, 0.25) is 0 Å². The summed E-state index contributed by atoms with van der Waals surface area (Å²) in [5.41, 5.74) is -0.451. The number of rotatable bonds is 10. The summed E-state index contributed by atoms with van der Waals surface area (Å²) < 4.78 is 52.1. The molecule has 1 unspecified atom stereocenters. The topological polar surface area (TPSA) is 47.5 Å². The van der Waals surface area contributed by atoms with Gasteiger partial charge in [0.05, 0.1) is 18.4 Å². The second-order valence-corrected chi connectivity index (χ2v) is 6.81. The number of para-hydroxylation sites is 2. The molecule has 1 aromatic carbocycles. The van der Waals surface area contributed by atoms with Gasteiger partial charge >= 0.3 is 12.2 Å². The number of aromatic nitrogens is 2. The molecular formula is C21H28F3N3O2. The van der Waals surface area contributed by atoms with Gasteiger partial charge in [0, 0.05) is 13.2 Å². The lowest BCUT2D eigenvalue weighted by molar-refractivity contribution is -0.137. The number of alkyl halides is 3. The van der Waals surface area contributed by atoms with Crippen molar-refractivity contribution in [1.29, 1.82) is 0 Å². The van der Waals surface area contributed by atoms with Gasteiger partial charge in [0.1, 0.15) is 11.3 Å². The Bertz CT molecular complexity index is 784. The number of anilines is 2. The average molecular weight is 411 g/mol. The predicted octanol–water partition coefficient (Wildman–Crippen LogP) is 6.01. The first-order chi connectivity index (χ1) is 13.8. The van der Waals surface area contributed by atoms with Crippen molar-refractivity contribution in [2.75, 3.05) is 18.6 Å². The second-order valence-electron chi connectivity index (χ2n) is 6.81. The van der Waals surface area contributed by atoms with E-state index >= 15 is 0 Å². The maximum atomic E-state index is 13.6. The van der Waals surface area contributed by atoms with E-state index in [9.17, 15) is 13.2 Å². The van der Waals surface area contributed by atoms with Crippen LogP contribution in [0, 0.1) is 0 Å². The third-order valence-electron chi connectivity index (χ3n) is 4.48. The molecule has 29 heavy (non-hydrogen) atoms. The normalized spacial score (nSPS) is 12.5. The van der Waals surface area contributed by atoms with Crippen LogP contribution in [0.4, 0.5) is 24.7 Å². The highest BCUT2D eigenvalue weighted by atomic mass is 19.4. The molecule has 1 aromatic heterocycles. The molecule has 0 aliphatic heterocycles. The maximum Gasteiger partial charge on any atom is 0.421 e. The molecule has 0 N–H and O–H groups in total. The van der Waals surface area contributed by atoms with Crippen molar-refractivity contribution in [2.24, 2.45) is 0 Å². The number of nitrogens with zero attached hydrogens (tertiary/aromatic N) is 3. The zero-order valence-corrected chi connectivity index (χ0v) is 17.3. The molecule has 0 saturated heterocycles. The Kier molecular flexibility index (Phi) is 8.10. The van der Waals surface area contributed by atoms with Gasteiger partial charge < -0.3 is 14.4 Å². The smallest absolute Gasteiger partial charge is 0.421 e. The van der Waals surface area contributed by atoms with Gasteiger partial charge in [0.2, 0.25) is 0 Å². The first-order valence-electron chi connectivity index (χ1n) is 9.84. The minimum Gasteiger partial charge on any atom is -0.489 e. The van der Waals surface area contributed by atoms with Crippen LogP contribution in [0.15, 0.2) is 30.5 Å². The average Bonchev–Trinajstić information content (AvgIpc) is 2.70. The van der Waals surface area contributed by atoms with Crippen molar-refractivity contribution >= 4 is 11.5 Å². The summed E-state index contributed by atoms with van der Waals surface area (Å²) in [5.74, 6) is 0.208. The lowest BCUT2D eigenvalue weighted by Crippen LogP contribution is -2.21. The summed E-state index contributed by atoms with van der Waals surface area (Å²) >= 11 is 0. The number of ether oxygens (including phenoxy) is 2. The number of unbranched alkanes of at least 4 members (excludes halogenated alkanes) is 2. The number of benzene rings is 1. The SMILES string of the molecule is CCCCCOc1ncc(C(F)(F)F)c(N(C)c2ccccc2OC(C)CC)n1. The van der Waals surface area contributed by atoms with Crippen molar-refractivity contribution in [3.63, 3.8) is 0 Å². The van der Waals surface area contributed by atoms with Crippen LogP contribution in [0.1, 0.15) is 52.0 Å². The van der Waals surface area contributed by atoms with Crippen molar-refractivity contribution in [2.45, 2.75) is 58.7 Å². The van der Waals surface area contributed by atoms with Crippen LogP contribution >= 0.6 is 0 Å². The lowest BCUT2D eigenvalue weighted by atomic mass is 10.2. The molecule has 0 fully saturated rings. The van der Waals surface area contributed by atoms with Gasteiger partial charge in [-0.25, -0.2) is 4.98 Å². The molecule has 0 amide bonds. The molecule has 0 aliphatic rings. The lowest BCUT2D eigenvalue weighted by Gasteiger charge is -2.25. The first kappa shape index (κ1) is 22.8. The fourth-order valence-electron chi connectivity index (χ4n) is 2.65. The minimum atomic E-state index is -4.60. The zero-order chi connectivity index (χ0) is 21.4. The maximum absolute atomic E-state index is 13.6. The largest absolute Gasteiger partial charge is 0.489 e. The number of hydrogen-bond acceptors (Lipinski definition) is 5. The van der Waals surface area contributed by atoms with Crippen LogP contribution in [-0.2, 0) is 6.18 Å². The van der Waals surface area contributed by atoms with E-state index in [0.717, 1.165) is 31.9 Å². The number of halogens is 3. The highest BCUT2D eigenvalue weighted by Gasteiger charge is 2.37. The van der Waals surface area contributed by atoms with Gasteiger partial charge in [-0.1, -0.05) is 38.8 Å². The molecule has 1 heterocycles. The van der Waals surface area contributed by atoms with Gasteiger partial charge in [-0.2, -0.15) is 18.2 Å². The van der Waals surface area contributed by atoms with E-state index in [1.807, 2.05) is 13.8 Å². The van der Waals surface area contributed by atoms with E-state index in [1.54, 1.807) is 24.3 Å². The Morgan fingerprint density at radius 2 is 1.86 bits per heavy atom. The van der Waals surface area contributed by atoms with E-state index in [0.29, 0.717) is 18.0 Å². The van der Waals surface area contributed by atoms with Crippen molar-refractivity contribution < 1.29 is 22.6 Å². The molecule has 5 nitrogen and oxygen atoms in total. The second kappa shape index (κ2) is 10.3. The Morgan fingerprint density at radius 3 is 2.52 bits per heavy atom. The molecule has 2 aromatic rings. The highest BCUT2D eigenvalue weighted by Crippen LogP contribution is 2.40. The molecule has 2 rings (SSSR count). The molecule has 0 radical (unpaired) electrons. The Balaban J connectivity index is 2.40. The van der Waals surface area contributed by atoms with Crippen LogP contribution < -0.4 is 14.4 Å². The Labute approximate surface area is 169 Å². The third kappa shape index (κ3) is 6.24. The van der Waals surface area contributed by atoms with Gasteiger partial charge in [-0.05, 0) is 31.9 Å². The van der Waals surface area contributed by atoms with Crippen molar-refractivity contribution in [1.82, 2.24) is 9.97 Å². The monoisotopic (exact) mass is 411 g/mol. The van der Waals surface area contributed by atoms with Gasteiger partial charge in [0.25, 0.3) is 0 Å².